The van der Waals surface area contributed by atoms with Crippen molar-refractivity contribution in [1.29, 1.82) is 0 Å². The highest BCUT2D eigenvalue weighted by Crippen LogP contribution is 2.11. The SMILES string of the molecule is CCCCc1csc(CC)n1. The minimum Gasteiger partial charge on any atom is -0.246 e. The Bertz CT molecular complexity index is 205. The number of aromatic nitrogens is 1. The molecule has 0 spiro atoms. The molecule has 1 heterocycles. The Labute approximate surface area is 72.5 Å². The fourth-order valence-corrected chi connectivity index (χ4v) is 1.76. The van der Waals surface area contributed by atoms with E-state index >= 15 is 0 Å². The third kappa shape index (κ3) is 2.62. The molecule has 0 fully saturated rings. The lowest BCUT2D eigenvalue weighted by atomic mass is 10.2. The van der Waals surface area contributed by atoms with E-state index in [1.54, 1.807) is 11.3 Å². The molecule has 0 aliphatic carbocycles. The molecule has 0 radical (unpaired) electrons. The lowest BCUT2D eigenvalue weighted by molar-refractivity contribution is 0.777. The molecule has 0 aliphatic rings. The number of rotatable bonds is 4. The van der Waals surface area contributed by atoms with Crippen molar-refractivity contribution < 1.29 is 0 Å². The average Bonchev–Trinajstić information content (AvgIpc) is 2.48. The topological polar surface area (TPSA) is 12.9 Å². The lowest BCUT2D eigenvalue weighted by Gasteiger charge is -1.90. The van der Waals surface area contributed by atoms with E-state index in [4.69, 9.17) is 0 Å². The van der Waals surface area contributed by atoms with E-state index in [1.165, 1.54) is 23.5 Å². The summed E-state index contributed by atoms with van der Waals surface area (Å²) in [5.74, 6) is 0. The number of thiazole rings is 1. The third-order valence-corrected chi connectivity index (χ3v) is 2.73. The third-order valence-electron chi connectivity index (χ3n) is 1.69. The van der Waals surface area contributed by atoms with Crippen molar-refractivity contribution in [2.24, 2.45) is 0 Å². The van der Waals surface area contributed by atoms with Crippen LogP contribution in [0.4, 0.5) is 0 Å². The largest absolute Gasteiger partial charge is 0.246 e. The van der Waals surface area contributed by atoms with Gasteiger partial charge in [-0.1, -0.05) is 20.3 Å². The van der Waals surface area contributed by atoms with Gasteiger partial charge in [0.15, 0.2) is 0 Å². The van der Waals surface area contributed by atoms with E-state index in [2.05, 4.69) is 24.2 Å². The van der Waals surface area contributed by atoms with E-state index in [0.29, 0.717) is 0 Å². The van der Waals surface area contributed by atoms with Crippen molar-refractivity contribution in [1.82, 2.24) is 4.98 Å². The highest BCUT2D eigenvalue weighted by atomic mass is 32.1. The first-order chi connectivity index (χ1) is 5.36. The molecule has 0 aromatic carbocycles. The minimum atomic E-state index is 1.08. The molecule has 0 saturated carbocycles. The fraction of sp³-hybridized carbons (Fsp3) is 0.667. The summed E-state index contributed by atoms with van der Waals surface area (Å²) in [6.45, 7) is 4.37. The summed E-state index contributed by atoms with van der Waals surface area (Å²) in [5, 5.41) is 3.46. The first kappa shape index (κ1) is 8.72. The molecule has 0 aliphatic heterocycles. The monoisotopic (exact) mass is 169 g/mol. The molecule has 0 N–H and O–H groups in total. The molecule has 11 heavy (non-hydrogen) atoms. The molecule has 0 bridgehead atoms. The second kappa shape index (κ2) is 4.50. The second-order valence-electron chi connectivity index (χ2n) is 2.69. The Morgan fingerprint density at radius 2 is 2.27 bits per heavy atom. The maximum Gasteiger partial charge on any atom is 0.0925 e. The Morgan fingerprint density at radius 1 is 1.45 bits per heavy atom. The molecular formula is C9H15NS. The minimum absolute atomic E-state index is 1.08. The predicted molar refractivity (Wildman–Crippen MR) is 50.1 cm³/mol. The van der Waals surface area contributed by atoms with Gasteiger partial charge in [-0.15, -0.1) is 11.3 Å². The van der Waals surface area contributed by atoms with Gasteiger partial charge in [0.05, 0.1) is 10.7 Å². The molecule has 0 unspecified atom stereocenters. The fourth-order valence-electron chi connectivity index (χ4n) is 0.984. The summed E-state index contributed by atoms with van der Waals surface area (Å²) >= 11 is 1.79. The smallest absolute Gasteiger partial charge is 0.0925 e. The van der Waals surface area contributed by atoms with Crippen LogP contribution in [0.5, 0.6) is 0 Å². The van der Waals surface area contributed by atoms with Crippen molar-refractivity contribution in [3.8, 4) is 0 Å². The van der Waals surface area contributed by atoms with E-state index < -0.39 is 0 Å². The molecule has 0 amide bonds. The van der Waals surface area contributed by atoms with Crippen LogP contribution in [-0.4, -0.2) is 4.98 Å². The van der Waals surface area contributed by atoms with Crippen LogP contribution in [0.15, 0.2) is 5.38 Å². The van der Waals surface area contributed by atoms with Crippen LogP contribution in [0.1, 0.15) is 37.4 Å². The molecule has 1 aromatic rings. The van der Waals surface area contributed by atoms with Gasteiger partial charge in [-0.25, -0.2) is 4.98 Å². The molecule has 0 atom stereocenters. The number of aryl methyl sites for hydroxylation is 2. The van der Waals surface area contributed by atoms with Crippen LogP contribution in [0, 0.1) is 0 Å². The zero-order valence-corrected chi connectivity index (χ0v) is 8.08. The zero-order chi connectivity index (χ0) is 8.10. The summed E-state index contributed by atoms with van der Waals surface area (Å²) in [6.07, 6.45) is 4.77. The number of hydrogen-bond acceptors (Lipinski definition) is 2. The van der Waals surface area contributed by atoms with E-state index in [1.807, 2.05) is 0 Å². The molecule has 0 saturated heterocycles. The summed E-state index contributed by atoms with van der Waals surface area (Å²) in [6, 6.07) is 0. The van der Waals surface area contributed by atoms with E-state index in [-0.39, 0.29) is 0 Å². The summed E-state index contributed by atoms with van der Waals surface area (Å²) in [5.41, 5.74) is 1.29. The lowest BCUT2D eigenvalue weighted by Crippen LogP contribution is -1.85. The number of hydrogen-bond donors (Lipinski definition) is 0. The average molecular weight is 169 g/mol. The standard InChI is InChI=1S/C9H15NS/c1-3-5-6-8-7-11-9(4-2)10-8/h7H,3-6H2,1-2H3. The van der Waals surface area contributed by atoms with E-state index in [9.17, 15) is 0 Å². The second-order valence-corrected chi connectivity index (χ2v) is 3.63. The van der Waals surface area contributed by atoms with E-state index in [0.717, 1.165) is 12.8 Å². The van der Waals surface area contributed by atoms with Gasteiger partial charge in [-0.2, -0.15) is 0 Å². The molecule has 1 nitrogen and oxygen atoms in total. The first-order valence-corrected chi connectivity index (χ1v) is 5.18. The Hall–Kier alpha value is -0.370. The van der Waals surface area contributed by atoms with Gasteiger partial charge in [-0.3, -0.25) is 0 Å². The molecule has 2 heteroatoms. The quantitative estimate of drug-likeness (QED) is 0.675. The van der Waals surface area contributed by atoms with Crippen LogP contribution in [-0.2, 0) is 12.8 Å². The Kier molecular flexibility index (Phi) is 3.57. The number of nitrogens with zero attached hydrogens (tertiary/aromatic N) is 1. The van der Waals surface area contributed by atoms with Crippen molar-refractivity contribution in [2.45, 2.75) is 39.5 Å². The predicted octanol–water partition coefficient (Wildman–Crippen LogP) is 3.05. The highest BCUT2D eigenvalue weighted by Gasteiger charge is 1.98. The van der Waals surface area contributed by atoms with Gasteiger partial charge >= 0.3 is 0 Å². The van der Waals surface area contributed by atoms with Gasteiger partial charge in [0.1, 0.15) is 0 Å². The van der Waals surface area contributed by atoms with Gasteiger partial charge < -0.3 is 0 Å². The van der Waals surface area contributed by atoms with Gasteiger partial charge in [0.25, 0.3) is 0 Å². The first-order valence-electron chi connectivity index (χ1n) is 4.30. The summed E-state index contributed by atoms with van der Waals surface area (Å²) in [7, 11) is 0. The van der Waals surface area contributed by atoms with Crippen LogP contribution in [0.3, 0.4) is 0 Å². The Morgan fingerprint density at radius 3 is 2.82 bits per heavy atom. The normalized spacial score (nSPS) is 10.4. The van der Waals surface area contributed by atoms with Crippen molar-refractivity contribution in [2.75, 3.05) is 0 Å². The Balaban J connectivity index is 2.44. The maximum atomic E-state index is 4.48. The van der Waals surface area contributed by atoms with Crippen molar-refractivity contribution in [3.05, 3.63) is 16.1 Å². The zero-order valence-electron chi connectivity index (χ0n) is 7.26. The molecule has 62 valence electrons. The van der Waals surface area contributed by atoms with Crippen LogP contribution >= 0.6 is 11.3 Å². The summed E-state index contributed by atoms with van der Waals surface area (Å²) in [4.78, 5) is 4.48. The van der Waals surface area contributed by atoms with Crippen LogP contribution in [0.25, 0.3) is 0 Å². The van der Waals surface area contributed by atoms with Crippen molar-refractivity contribution >= 4 is 11.3 Å². The van der Waals surface area contributed by atoms with Crippen LogP contribution < -0.4 is 0 Å². The maximum absolute atomic E-state index is 4.48. The van der Waals surface area contributed by atoms with Gasteiger partial charge in [-0.05, 0) is 19.3 Å². The number of unbranched alkanes of at least 4 members (excludes halogenated alkanes) is 1. The summed E-state index contributed by atoms with van der Waals surface area (Å²) < 4.78 is 0. The van der Waals surface area contributed by atoms with Crippen LogP contribution in [0.2, 0.25) is 0 Å². The van der Waals surface area contributed by atoms with Gasteiger partial charge in [0, 0.05) is 5.38 Å². The van der Waals surface area contributed by atoms with Crippen molar-refractivity contribution in [3.63, 3.8) is 0 Å². The van der Waals surface area contributed by atoms with Gasteiger partial charge in [0.2, 0.25) is 0 Å². The molecule has 1 aromatic heterocycles. The molecule has 1 rings (SSSR count). The molecular weight excluding hydrogens is 154 g/mol. The highest BCUT2D eigenvalue weighted by molar-refractivity contribution is 7.09.